The van der Waals surface area contributed by atoms with E-state index in [0.717, 1.165) is 32.6 Å². The first-order valence-corrected chi connectivity index (χ1v) is 8.19. The zero-order valence-corrected chi connectivity index (χ0v) is 13.2. The minimum Gasteiger partial charge on any atom is -0.328 e. The zero-order valence-electron chi connectivity index (χ0n) is 13.2. The maximum absolute atomic E-state index is 12.6. The Kier molecular flexibility index (Phi) is 4.55. The van der Waals surface area contributed by atoms with Crippen molar-refractivity contribution in [2.24, 2.45) is 0 Å². The van der Waals surface area contributed by atoms with Crippen molar-refractivity contribution in [2.45, 2.75) is 18.9 Å². The molecule has 0 aromatic heterocycles. The van der Waals surface area contributed by atoms with E-state index in [2.05, 4.69) is 7.05 Å². The fraction of sp³-hybridized carbons (Fsp3) is 0.529. The molecule has 1 aromatic carbocycles. The fourth-order valence-corrected chi connectivity index (χ4v) is 3.47. The van der Waals surface area contributed by atoms with E-state index >= 15 is 0 Å². The molecule has 1 atom stereocenters. The van der Waals surface area contributed by atoms with Crippen LogP contribution in [-0.2, 0) is 16.0 Å². The minimum atomic E-state index is -0.142. The number of carbonyl (C=O) groups excluding carboxylic acids is 2. The number of imide groups is 1. The molecule has 0 saturated carbocycles. The van der Waals surface area contributed by atoms with Gasteiger partial charge in [0, 0.05) is 6.54 Å². The van der Waals surface area contributed by atoms with E-state index in [-0.39, 0.29) is 17.9 Å². The number of nitrogens with one attached hydrogen (secondary N) is 2. The smallest absolute Gasteiger partial charge is 0.288 e. The van der Waals surface area contributed by atoms with Crippen molar-refractivity contribution in [2.75, 3.05) is 39.8 Å². The largest absolute Gasteiger partial charge is 0.328 e. The van der Waals surface area contributed by atoms with Crippen molar-refractivity contribution in [1.82, 2.24) is 4.90 Å². The molecule has 0 radical (unpaired) electrons. The van der Waals surface area contributed by atoms with Crippen LogP contribution in [0.4, 0.5) is 0 Å². The van der Waals surface area contributed by atoms with Crippen molar-refractivity contribution in [1.29, 1.82) is 0 Å². The molecule has 2 amide bonds. The third-order valence-electron chi connectivity index (χ3n) is 4.95. The second kappa shape index (κ2) is 6.58. The maximum Gasteiger partial charge on any atom is 0.288 e. The van der Waals surface area contributed by atoms with Gasteiger partial charge in [-0.15, -0.1) is 0 Å². The molecule has 3 rings (SSSR count). The van der Waals surface area contributed by atoms with Gasteiger partial charge in [0.15, 0.2) is 6.04 Å². The van der Waals surface area contributed by atoms with E-state index in [1.165, 1.54) is 20.3 Å². The molecule has 0 bridgehead atoms. The predicted octanol–water partition coefficient (Wildman–Crippen LogP) is -2.23. The van der Waals surface area contributed by atoms with Gasteiger partial charge in [0.05, 0.1) is 13.5 Å². The Balaban J connectivity index is 1.59. The highest BCUT2D eigenvalue weighted by molar-refractivity contribution is 6.04. The van der Waals surface area contributed by atoms with Crippen molar-refractivity contribution >= 4 is 11.8 Å². The summed E-state index contributed by atoms with van der Waals surface area (Å²) < 4.78 is 0. The van der Waals surface area contributed by atoms with Crippen LogP contribution in [0.1, 0.15) is 12.0 Å². The van der Waals surface area contributed by atoms with Gasteiger partial charge in [0.25, 0.3) is 5.91 Å². The second-order valence-electron chi connectivity index (χ2n) is 6.49. The number of carbonyl (C=O) groups is 2. The average molecular weight is 303 g/mol. The summed E-state index contributed by atoms with van der Waals surface area (Å²) >= 11 is 0. The van der Waals surface area contributed by atoms with E-state index in [1.54, 1.807) is 0 Å². The summed E-state index contributed by atoms with van der Waals surface area (Å²) in [5.74, 6) is 0.0418. The predicted molar refractivity (Wildman–Crippen MR) is 82.6 cm³/mol. The highest BCUT2D eigenvalue weighted by Crippen LogP contribution is 2.12. The Labute approximate surface area is 131 Å². The van der Waals surface area contributed by atoms with Crippen molar-refractivity contribution in [3.05, 3.63) is 35.9 Å². The van der Waals surface area contributed by atoms with Crippen LogP contribution < -0.4 is 9.80 Å². The van der Waals surface area contributed by atoms with Crippen LogP contribution >= 0.6 is 0 Å². The molecule has 22 heavy (non-hydrogen) atoms. The standard InChI is InChI=1S/C17H23N3O2/c1-18-9-11-19(12-10-18)15-13-16(21)20(17(15)22)8-7-14-5-3-2-4-6-14/h2-6,15H,7-13H2,1H3/p+2/t15-/m1/s1. The van der Waals surface area contributed by atoms with Crippen LogP contribution in [0.15, 0.2) is 30.3 Å². The van der Waals surface area contributed by atoms with E-state index in [4.69, 9.17) is 0 Å². The third-order valence-corrected chi connectivity index (χ3v) is 4.95. The van der Waals surface area contributed by atoms with Crippen molar-refractivity contribution in [3.63, 3.8) is 0 Å². The highest BCUT2D eigenvalue weighted by atomic mass is 16.2. The topological polar surface area (TPSA) is 46.3 Å². The Morgan fingerprint density at radius 2 is 1.77 bits per heavy atom. The molecule has 2 fully saturated rings. The highest BCUT2D eigenvalue weighted by Gasteiger charge is 2.45. The van der Waals surface area contributed by atoms with Crippen molar-refractivity contribution < 1.29 is 19.4 Å². The normalized spacial score (nSPS) is 29.1. The molecule has 5 heteroatoms. The summed E-state index contributed by atoms with van der Waals surface area (Å²) in [7, 11) is 2.19. The summed E-state index contributed by atoms with van der Waals surface area (Å²) in [5, 5.41) is 0. The number of likely N-dealkylation sites (N-methyl/N-ethyl adjacent to an activating group) is 1. The first-order chi connectivity index (χ1) is 10.6. The lowest BCUT2D eigenvalue weighted by atomic mass is 10.1. The van der Waals surface area contributed by atoms with Crippen LogP contribution in [0.2, 0.25) is 0 Å². The number of piperazine rings is 1. The summed E-state index contributed by atoms with van der Waals surface area (Å²) in [6, 6.07) is 9.89. The first-order valence-electron chi connectivity index (χ1n) is 8.19. The lowest BCUT2D eigenvalue weighted by molar-refractivity contribution is -1.01. The van der Waals surface area contributed by atoms with Gasteiger partial charge in [-0.3, -0.25) is 14.5 Å². The quantitative estimate of drug-likeness (QED) is 0.619. The van der Waals surface area contributed by atoms with Crippen molar-refractivity contribution in [3.8, 4) is 0 Å². The lowest BCUT2D eigenvalue weighted by Gasteiger charge is -2.30. The molecule has 2 N–H and O–H groups in total. The molecule has 118 valence electrons. The zero-order chi connectivity index (χ0) is 15.5. The van der Waals surface area contributed by atoms with Crippen LogP contribution in [0.5, 0.6) is 0 Å². The van der Waals surface area contributed by atoms with Gasteiger partial charge < -0.3 is 9.80 Å². The maximum atomic E-state index is 12.6. The Morgan fingerprint density at radius 3 is 2.45 bits per heavy atom. The summed E-state index contributed by atoms with van der Waals surface area (Å²) in [6.07, 6.45) is 1.13. The molecular formula is C17H25N3O2+2. The van der Waals surface area contributed by atoms with Gasteiger partial charge in [0.2, 0.25) is 5.91 Å². The number of hydrogen-bond acceptors (Lipinski definition) is 2. The summed E-state index contributed by atoms with van der Waals surface area (Å²) in [6.45, 7) is 4.65. The van der Waals surface area contributed by atoms with Crippen LogP contribution in [0.25, 0.3) is 0 Å². The number of likely N-dealkylation sites (tertiary alicyclic amines) is 1. The van der Waals surface area contributed by atoms with Gasteiger partial charge in [-0.25, -0.2) is 0 Å². The molecule has 0 unspecified atom stereocenters. The van der Waals surface area contributed by atoms with Gasteiger partial charge in [0.1, 0.15) is 26.2 Å². The summed E-state index contributed by atoms with van der Waals surface area (Å²) in [5.41, 5.74) is 1.17. The molecule has 2 saturated heterocycles. The molecule has 2 heterocycles. The van der Waals surface area contributed by atoms with Gasteiger partial charge in [-0.1, -0.05) is 30.3 Å². The third kappa shape index (κ3) is 3.20. The Bertz CT molecular complexity index is 538. The number of amides is 2. The first kappa shape index (κ1) is 15.2. The minimum absolute atomic E-state index is 0.00436. The van der Waals surface area contributed by atoms with E-state index in [0.29, 0.717) is 13.0 Å². The SMILES string of the molecule is C[NH+]1CC[NH+]([C@@H]2CC(=O)N(CCc3ccccc3)C2=O)CC1. The molecule has 2 aliphatic rings. The molecular weight excluding hydrogens is 278 g/mol. The van der Waals surface area contributed by atoms with Crippen LogP contribution in [0.3, 0.4) is 0 Å². The molecule has 0 aliphatic carbocycles. The van der Waals surface area contributed by atoms with E-state index < -0.39 is 0 Å². The number of benzene rings is 1. The van der Waals surface area contributed by atoms with Crippen LogP contribution in [0, 0.1) is 0 Å². The van der Waals surface area contributed by atoms with Gasteiger partial charge in [-0.2, -0.15) is 0 Å². The molecule has 0 spiro atoms. The summed E-state index contributed by atoms with van der Waals surface area (Å²) in [4.78, 5) is 29.1. The number of quaternary nitrogens is 2. The molecule has 2 aliphatic heterocycles. The monoisotopic (exact) mass is 303 g/mol. The number of hydrogen-bond donors (Lipinski definition) is 2. The van der Waals surface area contributed by atoms with Crippen LogP contribution in [-0.4, -0.2) is 62.5 Å². The van der Waals surface area contributed by atoms with E-state index in [9.17, 15) is 9.59 Å². The fourth-order valence-electron chi connectivity index (χ4n) is 3.47. The molecule has 1 aromatic rings. The Morgan fingerprint density at radius 1 is 1.09 bits per heavy atom. The van der Waals surface area contributed by atoms with Gasteiger partial charge >= 0.3 is 0 Å². The lowest BCUT2D eigenvalue weighted by Crippen LogP contribution is -3.29. The average Bonchev–Trinajstić information content (AvgIpc) is 2.82. The van der Waals surface area contributed by atoms with E-state index in [1.807, 2.05) is 30.3 Å². The second-order valence-corrected chi connectivity index (χ2v) is 6.49. The number of nitrogens with zero attached hydrogens (tertiary/aromatic N) is 1. The molecule has 5 nitrogen and oxygen atoms in total. The van der Waals surface area contributed by atoms with Gasteiger partial charge in [-0.05, 0) is 12.0 Å². The Hall–Kier alpha value is -1.72. The number of rotatable bonds is 4.